The number of thiocarbonyl (C=S) groups is 1. The maximum atomic E-state index is 5.52. The number of nitrogens with two attached hydrogens (primary N) is 1. The van der Waals surface area contributed by atoms with Crippen LogP contribution in [0.3, 0.4) is 0 Å². The fraction of sp³-hybridized carbons (Fsp3) is 0.300. The number of rotatable bonds is 4. The molecule has 0 spiro atoms. The van der Waals surface area contributed by atoms with Gasteiger partial charge in [0.1, 0.15) is 17.0 Å². The van der Waals surface area contributed by atoms with Gasteiger partial charge in [-0.3, -0.25) is 0 Å². The van der Waals surface area contributed by atoms with Gasteiger partial charge in [0.25, 0.3) is 0 Å². The molecule has 1 unspecified atom stereocenters. The molecule has 0 aromatic carbocycles. The van der Waals surface area contributed by atoms with Crippen LogP contribution in [0.2, 0.25) is 0 Å². The molecule has 7 nitrogen and oxygen atoms in total. The first-order chi connectivity index (χ1) is 8.58. The third kappa shape index (κ3) is 2.59. The van der Waals surface area contributed by atoms with E-state index in [1.165, 1.54) is 0 Å². The van der Waals surface area contributed by atoms with Gasteiger partial charge in [0.2, 0.25) is 5.95 Å². The summed E-state index contributed by atoms with van der Waals surface area (Å²) >= 11 is 4.87. The van der Waals surface area contributed by atoms with Crippen LogP contribution in [0.1, 0.15) is 24.5 Å². The topological polar surface area (TPSA) is 94.5 Å². The van der Waals surface area contributed by atoms with E-state index in [9.17, 15) is 0 Å². The second-order valence-electron chi connectivity index (χ2n) is 3.80. The van der Waals surface area contributed by atoms with E-state index in [2.05, 4.69) is 25.5 Å². The summed E-state index contributed by atoms with van der Waals surface area (Å²) in [5, 5.41) is 11.0. The molecule has 18 heavy (non-hydrogen) atoms. The van der Waals surface area contributed by atoms with Crippen molar-refractivity contribution in [1.29, 1.82) is 0 Å². The molecule has 8 heteroatoms. The SMILES string of the molecule is CC(Nc1nccc(C(N)=S)n1)c1nncn1C. The highest BCUT2D eigenvalue weighted by Crippen LogP contribution is 2.13. The maximum Gasteiger partial charge on any atom is 0.223 e. The molecule has 0 aliphatic rings. The van der Waals surface area contributed by atoms with Gasteiger partial charge in [-0.2, -0.15) is 0 Å². The number of nitrogens with zero attached hydrogens (tertiary/aromatic N) is 5. The van der Waals surface area contributed by atoms with Crippen molar-refractivity contribution in [3.05, 3.63) is 30.1 Å². The van der Waals surface area contributed by atoms with Crippen molar-refractivity contribution in [3.63, 3.8) is 0 Å². The molecule has 2 aromatic heterocycles. The Morgan fingerprint density at radius 3 is 2.94 bits per heavy atom. The first kappa shape index (κ1) is 12.4. The van der Waals surface area contributed by atoms with E-state index >= 15 is 0 Å². The van der Waals surface area contributed by atoms with Crippen LogP contribution in [0, 0.1) is 0 Å². The summed E-state index contributed by atoms with van der Waals surface area (Å²) in [5.41, 5.74) is 6.05. The van der Waals surface area contributed by atoms with Crippen molar-refractivity contribution in [2.24, 2.45) is 12.8 Å². The van der Waals surface area contributed by atoms with Crippen LogP contribution in [-0.2, 0) is 7.05 Å². The zero-order valence-electron chi connectivity index (χ0n) is 10.0. The monoisotopic (exact) mass is 263 g/mol. The van der Waals surface area contributed by atoms with Crippen molar-refractivity contribution in [2.75, 3.05) is 5.32 Å². The van der Waals surface area contributed by atoms with Gasteiger partial charge in [-0.15, -0.1) is 10.2 Å². The number of hydrogen-bond acceptors (Lipinski definition) is 6. The van der Waals surface area contributed by atoms with Gasteiger partial charge in [-0.25, -0.2) is 9.97 Å². The van der Waals surface area contributed by atoms with Crippen LogP contribution in [0.4, 0.5) is 5.95 Å². The van der Waals surface area contributed by atoms with Crippen LogP contribution < -0.4 is 11.1 Å². The Labute approximate surface area is 109 Å². The van der Waals surface area contributed by atoms with Crippen molar-refractivity contribution in [3.8, 4) is 0 Å². The first-order valence-corrected chi connectivity index (χ1v) is 5.72. The van der Waals surface area contributed by atoms with Crippen LogP contribution >= 0.6 is 12.2 Å². The molecule has 94 valence electrons. The smallest absolute Gasteiger partial charge is 0.223 e. The normalized spacial score (nSPS) is 12.1. The Kier molecular flexibility index (Phi) is 3.47. The summed E-state index contributed by atoms with van der Waals surface area (Å²) in [4.78, 5) is 8.55. The molecule has 2 rings (SSSR count). The number of nitrogens with one attached hydrogen (secondary N) is 1. The minimum atomic E-state index is -0.0703. The third-order valence-electron chi connectivity index (χ3n) is 2.39. The predicted octanol–water partition coefficient (Wildman–Crippen LogP) is 0.412. The lowest BCUT2D eigenvalue weighted by Crippen LogP contribution is -2.16. The second kappa shape index (κ2) is 5.05. The molecule has 0 bridgehead atoms. The second-order valence-corrected chi connectivity index (χ2v) is 4.24. The number of anilines is 1. The Hall–Kier alpha value is -2.09. The lowest BCUT2D eigenvalue weighted by Gasteiger charge is -2.12. The highest BCUT2D eigenvalue weighted by molar-refractivity contribution is 7.80. The van der Waals surface area contributed by atoms with Gasteiger partial charge in [-0.05, 0) is 13.0 Å². The van der Waals surface area contributed by atoms with Gasteiger partial charge >= 0.3 is 0 Å². The van der Waals surface area contributed by atoms with E-state index in [-0.39, 0.29) is 11.0 Å². The van der Waals surface area contributed by atoms with Crippen LogP contribution in [0.15, 0.2) is 18.6 Å². The quantitative estimate of drug-likeness (QED) is 0.771. The summed E-state index contributed by atoms with van der Waals surface area (Å²) in [6.07, 6.45) is 3.24. The molecule has 0 amide bonds. The fourth-order valence-electron chi connectivity index (χ4n) is 1.51. The minimum absolute atomic E-state index is 0.0703. The van der Waals surface area contributed by atoms with Crippen LogP contribution in [0.5, 0.6) is 0 Å². The van der Waals surface area contributed by atoms with Crippen LogP contribution in [-0.4, -0.2) is 29.7 Å². The van der Waals surface area contributed by atoms with Crippen molar-refractivity contribution in [1.82, 2.24) is 24.7 Å². The summed E-state index contributed by atoms with van der Waals surface area (Å²) in [6, 6.07) is 1.60. The van der Waals surface area contributed by atoms with Crippen molar-refractivity contribution >= 4 is 23.2 Å². The molecule has 2 aromatic rings. The van der Waals surface area contributed by atoms with E-state index in [0.29, 0.717) is 11.6 Å². The lowest BCUT2D eigenvalue weighted by molar-refractivity contribution is 0.712. The summed E-state index contributed by atoms with van der Waals surface area (Å²) in [5.74, 6) is 1.25. The molecular formula is C10H13N7S. The van der Waals surface area contributed by atoms with Gasteiger partial charge in [-0.1, -0.05) is 12.2 Å². The van der Waals surface area contributed by atoms with E-state index in [1.807, 2.05) is 18.5 Å². The van der Waals surface area contributed by atoms with Gasteiger partial charge in [0.05, 0.1) is 6.04 Å². The minimum Gasteiger partial charge on any atom is -0.388 e. The van der Waals surface area contributed by atoms with E-state index in [1.54, 1.807) is 18.6 Å². The van der Waals surface area contributed by atoms with Crippen molar-refractivity contribution < 1.29 is 0 Å². The molecular weight excluding hydrogens is 250 g/mol. The average molecular weight is 263 g/mol. The largest absolute Gasteiger partial charge is 0.388 e. The molecule has 0 saturated heterocycles. The number of hydrogen-bond donors (Lipinski definition) is 2. The first-order valence-electron chi connectivity index (χ1n) is 5.31. The Bertz CT molecular complexity index is 565. The molecule has 0 aliphatic heterocycles. The highest BCUT2D eigenvalue weighted by atomic mass is 32.1. The maximum absolute atomic E-state index is 5.52. The molecule has 3 N–H and O–H groups in total. The Balaban J connectivity index is 2.17. The fourth-order valence-corrected chi connectivity index (χ4v) is 1.62. The summed E-state index contributed by atoms with van der Waals surface area (Å²) in [6.45, 7) is 1.95. The Morgan fingerprint density at radius 1 is 1.56 bits per heavy atom. The lowest BCUT2D eigenvalue weighted by atomic mass is 10.3. The average Bonchev–Trinajstić information content (AvgIpc) is 2.76. The van der Waals surface area contributed by atoms with E-state index in [4.69, 9.17) is 18.0 Å². The van der Waals surface area contributed by atoms with Crippen molar-refractivity contribution in [2.45, 2.75) is 13.0 Å². The predicted molar refractivity (Wildman–Crippen MR) is 71.0 cm³/mol. The standard InChI is InChI=1S/C10H13N7S/c1-6(9-16-13-5-17(9)2)14-10-12-4-3-7(15-10)8(11)18/h3-6H,1-2H3,(H2,11,18)(H,12,14,15). The Morgan fingerprint density at radius 2 is 2.33 bits per heavy atom. The summed E-state index contributed by atoms with van der Waals surface area (Å²) in [7, 11) is 1.87. The zero-order chi connectivity index (χ0) is 13.1. The molecule has 0 radical (unpaired) electrons. The highest BCUT2D eigenvalue weighted by Gasteiger charge is 2.12. The zero-order valence-corrected chi connectivity index (χ0v) is 10.8. The number of aromatic nitrogens is 5. The number of aryl methyl sites for hydroxylation is 1. The van der Waals surface area contributed by atoms with E-state index < -0.39 is 0 Å². The van der Waals surface area contributed by atoms with Crippen LogP contribution in [0.25, 0.3) is 0 Å². The van der Waals surface area contributed by atoms with Gasteiger partial charge < -0.3 is 15.6 Å². The molecule has 0 aliphatic carbocycles. The summed E-state index contributed by atoms with van der Waals surface area (Å²) < 4.78 is 1.83. The molecule has 1 atom stereocenters. The van der Waals surface area contributed by atoms with Gasteiger partial charge in [0, 0.05) is 13.2 Å². The van der Waals surface area contributed by atoms with E-state index in [0.717, 1.165) is 5.82 Å². The third-order valence-corrected chi connectivity index (χ3v) is 2.60. The molecule has 2 heterocycles. The van der Waals surface area contributed by atoms with Gasteiger partial charge in [0.15, 0.2) is 5.82 Å². The molecule has 0 saturated carbocycles. The molecule has 0 fully saturated rings.